The van der Waals surface area contributed by atoms with Crippen LogP contribution in [0.2, 0.25) is 5.16 Å². The third kappa shape index (κ3) is 10.0. The van der Waals surface area contributed by atoms with E-state index in [1.165, 1.54) is 6.33 Å². The van der Waals surface area contributed by atoms with Gasteiger partial charge in [-0.25, -0.2) is 9.97 Å². The van der Waals surface area contributed by atoms with Crippen molar-refractivity contribution in [3.8, 4) is 0 Å². The van der Waals surface area contributed by atoms with E-state index in [9.17, 15) is 0 Å². The van der Waals surface area contributed by atoms with Gasteiger partial charge in [-0.3, -0.25) is 0 Å². The number of nitrogen functional groups attached to an aromatic ring is 1. The Morgan fingerprint density at radius 2 is 1.08 bits per heavy atom. The lowest BCUT2D eigenvalue weighted by atomic mass is 10.5. The van der Waals surface area contributed by atoms with Gasteiger partial charge in [-0.05, 0) is 48.0 Å². The van der Waals surface area contributed by atoms with Gasteiger partial charge in [-0.2, -0.15) is 4.98 Å². The molecule has 0 bridgehead atoms. The molecule has 3 N–H and O–H groups in total. The number of nitrogens with two attached hydrogens (primary N) is 1. The number of rotatable bonds is 18. The van der Waals surface area contributed by atoms with Crippen LogP contribution in [-0.4, -0.2) is 39.1 Å². The van der Waals surface area contributed by atoms with Crippen LogP contribution in [-0.2, 0) is 26.6 Å². The second-order valence-corrected chi connectivity index (χ2v) is 14.1. The van der Waals surface area contributed by atoms with E-state index in [2.05, 4.69) is 59.7 Å². The Labute approximate surface area is 222 Å². The van der Waals surface area contributed by atoms with Gasteiger partial charge in [-0.15, -0.1) is 0 Å². The Hall–Kier alpha value is -3.72. The summed E-state index contributed by atoms with van der Waals surface area (Å²) in [7, 11) is -7.90. The molecule has 204 valence electrons. The smallest absolute Gasteiger partial charge is 0.488 e. The van der Waals surface area contributed by atoms with E-state index >= 15 is 0 Å². The SMILES string of the molecule is C=C(C)O[Si](OC(=C)C)(OC(=C)C)C(CCNc1ncnc(N)n1)[Si](OC(=C)C)(OC(=C)C)OC(=C)C. The molecule has 0 spiro atoms. The van der Waals surface area contributed by atoms with Crippen LogP contribution < -0.4 is 11.1 Å². The van der Waals surface area contributed by atoms with Crippen LogP contribution >= 0.6 is 0 Å². The normalized spacial score (nSPS) is 11.1. The zero-order chi connectivity index (χ0) is 28.4. The Morgan fingerprint density at radius 1 is 0.730 bits per heavy atom. The van der Waals surface area contributed by atoms with Crippen LogP contribution in [0.4, 0.5) is 11.9 Å². The van der Waals surface area contributed by atoms with Crippen molar-refractivity contribution in [3.63, 3.8) is 0 Å². The highest BCUT2D eigenvalue weighted by molar-refractivity contribution is 6.83. The standard InChI is InChI=1S/C24H39N5O6Si2/c1-16(2)30-36(31-17(3)4,32-18(5)6)22(13-14-26-24-28-15-27-23(25)29-24)37(33-19(7)8,34-20(9)10)35-21(11)12/h15,22H,1,3,5,7,9,11,13-14H2,2,4,6,8,10,12H3,(H3,25,26,27,28,29). The van der Waals surface area contributed by atoms with Crippen molar-refractivity contribution in [1.82, 2.24) is 15.0 Å². The van der Waals surface area contributed by atoms with Crippen LogP contribution in [0.1, 0.15) is 48.0 Å². The summed E-state index contributed by atoms with van der Waals surface area (Å²) in [4.78, 5) is 12.0. The zero-order valence-electron chi connectivity index (χ0n) is 22.7. The van der Waals surface area contributed by atoms with E-state index in [0.29, 0.717) is 34.6 Å². The number of nitrogens with zero attached hydrogens (tertiary/aromatic N) is 3. The first-order valence-corrected chi connectivity index (χ1v) is 15.0. The summed E-state index contributed by atoms with van der Waals surface area (Å²) < 4.78 is 37.7. The number of hydrogen-bond donors (Lipinski definition) is 2. The summed E-state index contributed by atoms with van der Waals surface area (Å²) >= 11 is 0. The maximum Gasteiger partial charge on any atom is 0.710 e. The minimum absolute atomic E-state index is 0.0742. The molecule has 0 saturated heterocycles. The molecule has 0 amide bonds. The lowest BCUT2D eigenvalue weighted by Gasteiger charge is -2.42. The minimum atomic E-state index is -3.95. The van der Waals surface area contributed by atoms with Crippen LogP contribution in [0, 0.1) is 0 Å². The lowest BCUT2D eigenvalue weighted by Crippen LogP contribution is -2.63. The summed E-state index contributed by atoms with van der Waals surface area (Å²) in [6.45, 7) is 33.8. The van der Waals surface area contributed by atoms with Crippen molar-refractivity contribution in [2.45, 2.75) is 53.1 Å². The summed E-state index contributed by atoms with van der Waals surface area (Å²) in [5.41, 5.74) is 5.69. The van der Waals surface area contributed by atoms with Crippen LogP contribution in [0.25, 0.3) is 0 Å². The van der Waals surface area contributed by atoms with Gasteiger partial charge in [0.2, 0.25) is 11.9 Å². The van der Waals surface area contributed by atoms with Gasteiger partial charge >= 0.3 is 17.6 Å². The molecule has 0 fully saturated rings. The fraction of sp³-hybridized carbons (Fsp3) is 0.375. The molecule has 13 heteroatoms. The average molecular weight is 550 g/mol. The Morgan fingerprint density at radius 3 is 1.38 bits per heavy atom. The number of hydrogen-bond acceptors (Lipinski definition) is 11. The molecule has 0 aliphatic rings. The first-order valence-electron chi connectivity index (χ1n) is 11.4. The van der Waals surface area contributed by atoms with Gasteiger partial charge in [0.25, 0.3) is 0 Å². The Kier molecular flexibility index (Phi) is 11.5. The van der Waals surface area contributed by atoms with E-state index < -0.39 is 22.8 Å². The number of nitrogens with one attached hydrogen (secondary N) is 1. The highest BCUT2D eigenvalue weighted by Gasteiger charge is 2.75. The maximum absolute atomic E-state index is 6.29. The van der Waals surface area contributed by atoms with E-state index in [4.69, 9.17) is 32.3 Å². The van der Waals surface area contributed by atoms with Crippen molar-refractivity contribution in [2.24, 2.45) is 0 Å². The van der Waals surface area contributed by atoms with Crippen molar-refractivity contribution in [2.75, 3.05) is 17.6 Å². The van der Waals surface area contributed by atoms with Crippen LogP contribution in [0.15, 0.2) is 80.4 Å². The summed E-state index contributed by atoms with van der Waals surface area (Å²) in [6, 6.07) is 0. The molecule has 0 unspecified atom stereocenters. The molecular weight excluding hydrogens is 510 g/mol. The molecule has 1 rings (SSSR count). The van der Waals surface area contributed by atoms with E-state index in [-0.39, 0.29) is 24.9 Å². The molecule has 0 aliphatic heterocycles. The fourth-order valence-corrected chi connectivity index (χ4v) is 11.1. The van der Waals surface area contributed by atoms with Crippen LogP contribution in [0.3, 0.4) is 0 Å². The zero-order valence-corrected chi connectivity index (χ0v) is 24.7. The summed E-state index contributed by atoms with van der Waals surface area (Å²) in [6.07, 6.45) is 1.56. The van der Waals surface area contributed by atoms with Crippen molar-refractivity contribution in [1.29, 1.82) is 0 Å². The Bertz CT molecular complexity index is 911. The van der Waals surface area contributed by atoms with E-state index in [0.717, 1.165) is 0 Å². The van der Waals surface area contributed by atoms with Crippen molar-refractivity contribution < 1.29 is 26.6 Å². The molecule has 0 radical (unpaired) electrons. The molecule has 0 atom stereocenters. The molecule has 0 aromatic carbocycles. The third-order valence-corrected chi connectivity index (χ3v) is 12.3. The first kappa shape index (κ1) is 31.3. The second kappa shape index (κ2) is 13.6. The number of allylic oxidation sites excluding steroid dienone is 6. The molecule has 0 saturated carbocycles. The van der Waals surface area contributed by atoms with Gasteiger partial charge in [0.15, 0.2) is 5.16 Å². The van der Waals surface area contributed by atoms with Crippen molar-refractivity contribution in [3.05, 3.63) is 80.4 Å². The quantitative estimate of drug-likeness (QED) is 0.181. The summed E-state index contributed by atoms with van der Waals surface area (Å²) in [5.74, 6) is 2.35. The van der Waals surface area contributed by atoms with Gasteiger partial charge in [0.05, 0.1) is 34.6 Å². The van der Waals surface area contributed by atoms with Gasteiger partial charge in [-0.1, -0.05) is 39.5 Å². The number of anilines is 2. The minimum Gasteiger partial charge on any atom is -0.488 e. The highest BCUT2D eigenvalue weighted by Crippen LogP contribution is 2.44. The fourth-order valence-electron chi connectivity index (χ4n) is 3.30. The molecule has 37 heavy (non-hydrogen) atoms. The molecular formula is C24H39N5O6Si2. The average Bonchev–Trinajstić information content (AvgIpc) is 2.67. The van der Waals surface area contributed by atoms with Crippen molar-refractivity contribution >= 4 is 29.5 Å². The summed E-state index contributed by atoms with van der Waals surface area (Å²) in [5, 5.41) is 2.31. The first-order chi connectivity index (χ1) is 17.1. The molecule has 0 aliphatic carbocycles. The predicted molar refractivity (Wildman–Crippen MR) is 148 cm³/mol. The monoisotopic (exact) mass is 549 g/mol. The molecule has 1 aromatic heterocycles. The topological polar surface area (TPSA) is 132 Å². The predicted octanol–water partition coefficient (Wildman–Crippen LogP) is 5.34. The Balaban J connectivity index is 3.84. The van der Waals surface area contributed by atoms with E-state index in [1.54, 1.807) is 41.5 Å². The van der Waals surface area contributed by atoms with Crippen LogP contribution in [0.5, 0.6) is 0 Å². The molecule has 11 nitrogen and oxygen atoms in total. The van der Waals surface area contributed by atoms with Gasteiger partial charge in [0.1, 0.15) is 6.33 Å². The van der Waals surface area contributed by atoms with Gasteiger partial charge in [0, 0.05) is 6.54 Å². The largest absolute Gasteiger partial charge is 0.710 e. The van der Waals surface area contributed by atoms with Gasteiger partial charge < -0.3 is 37.6 Å². The molecule has 1 aromatic rings. The second-order valence-electron chi connectivity index (χ2n) is 8.47. The highest BCUT2D eigenvalue weighted by atomic mass is 28.5. The maximum atomic E-state index is 6.29. The van der Waals surface area contributed by atoms with E-state index in [1.807, 2.05) is 0 Å². The third-order valence-electron chi connectivity index (χ3n) is 4.06. The number of aromatic nitrogens is 3. The molecule has 1 heterocycles. The lowest BCUT2D eigenvalue weighted by molar-refractivity contribution is 0.0994.